The first-order valence-corrected chi connectivity index (χ1v) is 4.97. The Kier molecular flexibility index (Phi) is 2.78. The molecule has 15 heavy (non-hydrogen) atoms. The van der Waals surface area contributed by atoms with Crippen molar-refractivity contribution in [3.63, 3.8) is 0 Å². The van der Waals surface area contributed by atoms with Gasteiger partial charge in [-0.25, -0.2) is 4.98 Å². The summed E-state index contributed by atoms with van der Waals surface area (Å²) in [6.45, 7) is 1.99. The minimum atomic E-state index is 0.201. The molecule has 4 nitrogen and oxygen atoms in total. The first kappa shape index (κ1) is 9.86. The number of H-pyrrole nitrogens is 1. The van der Waals surface area contributed by atoms with E-state index in [1.807, 2.05) is 25.3 Å². The fraction of sp³-hybridized carbons (Fsp3) is 0.273. The van der Waals surface area contributed by atoms with Crippen LogP contribution < -0.4 is 5.73 Å². The van der Waals surface area contributed by atoms with Crippen molar-refractivity contribution in [3.8, 4) is 0 Å². The molecule has 0 aliphatic rings. The monoisotopic (exact) mass is 202 g/mol. The maximum absolute atomic E-state index is 5.65. The second kappa shape index (κ2) is 4.23. The van der Waals surface area contributed by atoms with E-state index in [9.17, 15) is 0 Å². The van der Waals surface area contributed by atoms with Crippen molar-refractivity contribution in [2.24, 2.45) is 5.73 Å². The van der Waals surface area contributed by atoms with Gasteiger partial charge >= 0.3 is 0 Å². The maximum Gasteiger partial charge on any atom is 0.155 e. The summed E-state index contributed by atoms with van der Waals surface area (Å²) in [6, 6.07) is 2.25. The van der Waals surface area contributed by atoms with E-state index in [4.69, 9.17) is 5.73 Å². The average Bonchev–Trinajstić information content (AvgIpc) is 2.64. The van der Waals surface area contributed by atoms with Crippen LogP contribution in [0.15, 0.2) is 24.5 Å². The molecule has 0 amide bonds. The lowest BCUT2D eigenvalue weighted by Gasteiger charge is -1.97. The third-order valence-electron chi connectivity index (χ3n) is 2.13. The first-order valence-electron chi connectivity index (χ1n) is 4.97. The Balaban J connectivity index is 2.17. The van der Waals surface area contributed by atoms with Crippen LogP contribution in [0.1, 0.15) is 18.9 Å². The minimum absolute atomic E-state index is 0.201. The van der Waals surface area contributed by atoms with E-state index in [2.05, 4.69) is 21.3 Å². The summed E-state index contributed by atoms with van der Waals surface area (Å²) in [5.74, 6) is 0. The van der Waals surface area contributed by atoms with Crippen LogP contribution in [0.5, 0.6) is 0 Å². The summed E-state index contributed by atoms with van der Waals surface area (Å²) in [4.78, 5) is 4.24. The van der Waals surface area contributed by atoms with E-state index < -0.39 is 0 Å². The zero-order valence-electron chi connectivity index (χ0n) is 8.64. The number of hydrogen-bond acceptors (Lipinski definition) is 3. The number of aromatic nitrogens is 3. The molecular weight excluding hydrogens is 188 g/mol. The Hall–Kier alpha value is -1.68. The van der Waals surface area contributed by atoms with Crippen LogP contribution in [0.25, 0.3) is 17.1 Å². The van der Waals surface area contributed by atoms with Gasteiger partial charge < -0.3 is 5.73 Å². The van der Waals surface area contributed by atoms with Crippen LogP contribution in [0.4, 0.5) is 0 Å². The number of nitrogens with one attached hydrogen (secondary N) is 1. The van der Waals surface area contributed by atoms with Crippen LogP contribution in [0, 0.1) is 0 Å². The maximum atomic E-state index is 5.65. The molecule has 0 aliphatic carbocycles. The molecule has 1 atom stereocenters. The van der Waals surface area contributed by atoms with Gasteiger partial charge in [-0.2, -0.15) is 5.10 Å². The fourth-order valence-electron chi connectivity index (χ4n) is 1.36. The first-order chi connectivity index (χ1) is 7.25. The highest BCUT2D eigenvalue weighted by Crippen LogP contribution is 2.11. The van der Waals surface area contributed by atoms with Crippen molar-refractivity contribution >= 4 is 17.1 Å². The van der Waals surface area contributed by atoms with E-state index in [1.54, 1.807) is 6.20 Å². The molecule has 0 unspecified atom stereocenters. The zero-order valence-corrected chi connectivity index (χ0v) is 8.64. The van der Waals surface area contributed by atoms with Crippen LogP contribution in [0.2, 0.25) is 0 Å². The molecule has 0 saturated heterocycles. The summed E-state index contributed by atoms with van der Waals surface area (Å²) in [7, 11) is 0. The highest BCUT2D eigenvalue weighted by atomic mass is 15.1. The van der Waals surface area contributed by atoms with E-state index in [1.165, 1.54) is 0 Å². The molecule has 0 aromatic carbocycles. The molecule has 2 aromatic heterocycles. The van der Waals surface area contributed by atoms with Gasteiger partial charge in [-0.1, -0.05) is 12.2 Å². The van der Waals surface area contributed by atoms with Gasteiger partial charge in [0.05, 0.1) is 6.20 Å². The SMILES string of the molecule is C[C@H](N)C/C=C/c1cnc2[nH]ncc2c1. The predicted octanol–water partition coefficient (Wildman–Crippen LogP) is 1.71. The largest absolute Gasteiger partial charge is 0.328 e. The van der Waals surface area contributed by atoms with Crippen molar-refractivity contribution in [1.82, 2.24) is 15.2 Å². The van der Waals surface area contributed by atoms with Gasteiger partial charge in [-0.05, 0) is 25.0 Å². The van der Waals surface area contributed by atoms with Gasteiger partial charge in [-0.3, -0.25) is 5.10 Å². The lowest BCUT2D eigenvalue weighted by atomic mass is 10.2. The number of nitrogens with two attached hydrogens (primary N) is 1. The quantitative estimate of drug-likeness (QED) is 0.796. The molecular formula is C11H14N4. The molecule has 0 saturated carbocycles. The Morgan fingerprint density at radius 1 is 1.53 bits per heavy atom. The van der Waals surface area contributed by atoms with Gasteiger partial charge in [0.15, 0.2) is 5.65 Å². The lowest BCUT2D eigenvalue weighted by Crippen LogP contribution is -2.12. The third-order valence-corrected chi connectivity index (χ3v) is 2.13. The number of nitrogens with zero attached hydrogens (tertiary/aromatic N) is 2. The van der Waals surface area contributed by atoms with Crippen molar-refractivity contribution in [2.75, 3.05) is 0 Å². The van der Waals surface area contributed by atoms with Crippen LogP contribution in [-0.2, 0) is 0 Å². The standard InChI is InChI=1S/C11H14N4/c1-8(12)3-2-4-9-5-10-7-14-15-11(10)13-6-9/h2,4-8H,3,12H2,1H3,(H,13,14,15)/b4-2+/t8-/m0/s1. The second-order valence-corrected chi connectivity index (χ2v) is 3.69. The zero-order chi connectivity index (χ0) is 10.7. The van der Waals surface area contributed by atoms with Crippen molar-refractivity contribution in [1.29, 1.82) is 0 Å². The second-order valence-electron chi connectivity index (χ2n) is 3.69. The Labute approximate surface area is 88.2 Å². The molecule has 4 heteroatoms. The predicted molar refractivity (Wildman–Crippen MR) is 61.2 cm³/mol. The minimum Gasteiger partial charge on any atom is -0.328 e. The smallest absolute Gasteiger partial charge is 0.155 e. The summed E-state index contributed by atoms with van der Waals surface area (Å²) < 4.78 is 0. The Morgan fingerprint density at radius 3 is 3.20 bits per heavy atom. The van der Waals surface area contributed by atoms with Crippen LogP contribution in [0.3, 0.4) is 0 Å². The summed E-state index contributed by atoms with van der Waals surface area (Å²) in [5, 5.41) is 7.76. The highest BCUT2D eigenvalue weighted by Gasteiger charge is 1.96. The Bertz CT molecular complexity index is 470. The van der Waals surface area contributed by atoms with E-state index in [0.29, 0.717) is 0 Å². The van der Waals surface area contributed by atoms with Gasteiger partial charge in [0.25, 0.3) is 0 Å². The number of rotatable bonds is 3. The molecule has 0 fully saturated rings. The lowest BCUT2D eigenvalue weighted by molar-refractivity contribution is 0.759. The molecule has 3 N–H and O–H groups in total. The fourth-order valence-corrected chi connectivity index (χ4v) is 1.36. The van der Waals surface area contributed by atoms with Gasteiger partial charge in [0.1, 0.15) is 0 Å². The topological polar surface area (TPSA) is 67.6 Å². The molecule has 2 rings (SSSR count). The number of aromatic amines is 1. The van der Waals surface area contributed by atoms with Gasteiger partial charge in [-0.15, -0.1) is 0 Å². The summed E-state index contributed by atoms with van der Waals surface area (Å²) >= 11 is 0. The summed E-state index contributed by atoms with van der Waals surface area (Å²) in [5.41, 5.74) is 7.54. The van der Waals surface area contributed by atoms with E-state index in [0.717, 1.165) is 23.0 Å². The Morgan fingerprint density at radius 2 is 2.40 bits per heavy atom. The number of fused-ring (bicyclic) bond motifs is 1. The van der Waals surface area contributed by atoms with Crippen molar-refractivity contribution in [2.45, 2.75) is 19.4 Å². The average molecular weight is 202 g/mol. The van der Waals surface area contributed by atoms with Crippen molar-refractivity contribution < 1.29 is 0 Å². The van der Waals surface area contributed by atoms with Crippen LogP contribution in [-0.4, -0.2) is 21.2 Å². The molecule has 0 bridgehead atoms. The molecule has 0 aliphatic heterocycles. The molecule has 78 valence electrons. The van der Waals surface area contributed by atoms with Gasteiger partial charge in [0.2, 0.25) is 0 Å². The van der Waals surface area contributed by atoms with E-state index in [-0.39, 0.29) is 6.04 Å². The molecule has 2 heterocycles. The van der Waals surface area contributed by atoms with Crippen LogP contribution >= 0.6 is 0 Å². The highest BCUT2D eigenvalue weighted by molar-refractivity contribution is 5.76. The van der Waals surface area contributed by atoms with E-state index >= 15 is 0 Å². The summed E-state index contributed by atoms with van der Waals surface area (Å²) in [6.07, 6.45) is 8.56. The number of pyridine rings is 1. The van der Waals surface area contributed by atoms with Gasteiger partial charge in [0, 0.05) is 17.6 Å². The normalized spacial score (nSPS) is 13.7. The molecule has 0 spiro atoms. The molecule has 0 radical (unpaired) electrons. The molecule has 2 aromatic rings. The number of hydrogen-bond donors (Lipinski definition) is 2. The third kappa shape index (κ3) is 2.41. The van der Waals surface area contributed by atoms with Crippen molar-refractivity contribution in [3.05, 3.63) is 30.1 Å².